The molecule has 1 saturated heterocycles. The number of hydrogen-bond donors (Lipinski definition) is 0. The van der Waals surface area contributed by atoms with Crippen molar-refractivity contribution in [2.75, 3.05) is 11.4 Å². The van der Waals surface area contributed by atoms with Gasteiger partial charge in [0, 0.05) is 37.3 Å². The highest BCUT2D eigenvalue weighted by Crippen LogP contribution is 2.30. The van der Waals surface area contributed by atoms with Crippen molar-refractivity contribution < 1.29 is 14.5 Å². The molecule has 1 amide bonds. The van der Waals surface area contributed by atoms with Crippen LogP contribution in [0, 0.1) is 10.1 Å². The normalized spacial score (nSPS) is 18.7. The van der Waals surface area contributed by atoms with E-state index < -0.39 is 4.92 Å². The maximum absolute atomic E-state index is 11.9. The first-order valence-electron chi connectivity index (χ1n) is 5.69. The smallest absolute Gasteiger partial charge is 0.271 e. The van der Waals surface area contributed by atoms with Crippen LogP contribution in [0.5, 0.6) is 0 Å². The van der Waals surface area contributed by atoms with Gasteiger partial charge >= 0.3 is 0 Å². The van der Waals surface area contributed by atoms with E-state index >= 15 is 0 Å². The molecule has 1 aliphatic heterocycles. The van der Waals surface area contributed by atoms with Crippen molar-refractivity contribution in [1.82, 2.24) is 0 Å². The summed E-state index contributed by atoms with van der Waals surface area (Å²) in [5.41, 5.74) is 0.457. The van der Waals surface area contributed by atoms with Crippen molar-refractivity contribution in [3.05, 3.63) is 34.4 Å². The maximum Gasteiger partial charge on any atom is 0.271 e. The molecular formula is C12H12N2O4S. The van der Waals surface area contributed by atoms with Crippen LogP contribution in [-0.4, -0.2) is 27.7 Å². The first-order chi connectivity index (χ1) is 8.97. The number of nitro benzene ring substituents is 1. The van der Waals surface area contributed by atoms with E-state index in [1.807, 2.05) is 0 Å². The van der Waals surface area contributed by atoms with E-state index in [1.165, 1.54) is 24.0 Å². The van der Waals surface area contributed by atoms with Gasteiger partial charge in [0.25, 0.3) is 5.69 Å². The second-order valence-corrected chi connectivity index (χ2v) is 5.69. The Morgan fingerprint density at radius 1 is 1.53 bits per heavy atom. The molecule has 1 unspecified atom stereocenters. The number of nitro groups is 1. The Hall–Kier alpha value is -1.89. The summed E-state index contributed by atoms with van der Waals surface area (Å²) in [6, 6.07) is 5.96. The molecule has 1 atom stereocenters. The van der Waals surface area contributed by atoms with Crippen LogP contribution < -0.4 is 4.90 Å². The highest BCUT2D eigenvalue weighted by Gasteiger charge is 2.32. The maximum atomic E-state index is 11.9. The Morgan fingerprint density at radius 3 is 2.89 bits per heavy atom. The van der Waals surface area contributed by atoms with Crippen LogP contribution in [0.25, 0.3) is 0 Å². The topological polar surface area (TPSA) is 80.5 Å². The molecule has 0 N–H and O–H groups in total. The van der Waals surface area contributed by atoms with E-state index in [2.05, 4.69) is 0 Å². The number of thioether (sulfide) groups is 1. The van der Waals surface area contributed by atoms with Gasteiger partial charge in [-0.15, -0.1) is 0 Å². The highest BCUT2D eigenvalue weighted by atomic mass is 32.2. The zero-order valence-corrected chi connectivity index (χ0v) is 11.1. The Bertz CT molecular complexity index is 546. The number of nitrogens with zero attached hydrogens (tertiary/aromatic N) is 2. The molecule has 1 heterocycles. The summed E-state index contributed by atoms with van der Waals surface area (Å²) >= 11 is 1.14. The summed E-state index contributed by atoms with van der Waals surface area (Å²) in [5, 5.41) is 10.6. The molecule has 0 saturated carbocycles. The molecule has 1 fully saturated rings. The molecule has 7 heteroatoms. The zero-order valence-electron chi connectivity index (χ0n) is 10.2. The largest absolute Gasteiger partial charge is 0.311 e. The van der Waals surface area contributed by atoms with Crippen LogP contribution in [0.3, 0.4) is 0 Å². The molecular weight excluding hydrogens is 268 g/mol. The van der Waals surface area contributed by atoms with E-state index in [-0.39, 0.29) is 28.4 Å². The summed E-state index contributed by atoms with van der Waals surface area (Å²) < 4.78 is 0. The second-order valence-electron chi connectivity index (χ2n) is 4.22. The SMILES string of the molecule is CC(=O)SC1CC(=O)N(c2cccc([N+](=O)[O-])c2)C1. The molecule has 19 heavy (non-hydrogen) atoms. The number of carbonyl (C=O) groups excluding carboxylic acids is 2. The molecule has 1 aromatic rings. The minimum Gasteiger partial charge on any atom is -0.311 e. The van der Waals surface area contributed by atoms with Gasteiger partial charge in [-0.1, -0.05) is 17.8 Å². The third-order valence-electron chi connectivity index (χ3n) is 2.77. The van der Waals surface area contributed by atoms with Gasteiger partial charge in [-0.3, -0.25) is 19.7 Å². The third kappa shape index (κ3) is 3.11. The number of carbonyl (C=O) groups is 2. The number of rotatable bonds is 3. The van der Waals surface area contributed by atoms with Gasteiger partial charge in [0.1, 0.15) is 0 Å². The summed E-state index contributed by atoms with van der Waals surface area (Å²) in [6.45, 7) is 1.87. The summed E-state index contributed by atoms with van der Waals surface area (Å²) in [7, 11) is 0. The van der Waals surface area contributed by atoms with Gasteiger partial charge in [0.2, 0.25) is 5.91 Å². The fourth-order valence-electron chi connectivity index (χ4n) is 2.01. The number of benzene rings is 1. The van der Waals surface area contributed by atoms with E-state index in [0.29, 0.717) is 12.2 Å². The van der Waals surface area contributed by atoms with E-state index in [9.17, 15) is 19.7 Å². The molecule has 0 aromatic heterocycles. The quantitative estimate of drug-likeness (QED) is 0.624. The van der Waals surface area contributed by atoms with Crippen molar-refractivity contribution in [3.63, 3.8) is 0 Å². The van der Waals surface area contributed by atoms with Crippen molar-refractivity contribution >= 4 is 34.2 Å². The predicted octanol–water partition coefficient (Wildman–Crippen LogP) is 1.98. The van der Waals surface area contributed by atoms with Crippen LogP contribution in [0.4, 0.5) is 11.4 Å². The van der Waals surface area contributed by atoms with Crippen LogP contribution in [-0.2, 0) is 9.59 Å². The Balaban J connectivity index is 2.18. The molecule has 100 valence electrons. The molecule has 6 nitrogen and oxygen atoms in total. The molecule has 1 aromatic carbocycles. The first kappa shape index (κ1) is 13.5. The van der Waals surface area contributed by atoms with Gasteiger partial charge in [-0.2, -0.15) is 0 Å². The first-order valence-corrected chi connectivity index (χ1v) is 6.57. The Morgan fingerprint density at radius 2 is 2.26 bits per heavy atom. The summed E-state index contributed by atoms with van der Waals surface area (Å²) in [6.07, 6.45) is 0.285. The minimum absolute atomic E-state index is 0.0290. The number of hydrogen-bond acceptors (Lipinski definition) is 5. The van der Waals surface area contributed by atoms with Gasteiger partial charge < -0.3 is 4.90 Å². The third-order valence-corrected chi connectivity index (χ3v) is 3.76. The molecule has 0 aliphatic carbocycles. The van der Waals surface area contributed by atoms with Crippen molar-refractivity contribution in [2.24, 2.45) is 0 Å². The molecule has 1 aliphatic rings. The zero-order chi connectivity index (χ0) is 14.0. The van der Waals surface area contributed by atoms with Gasteiger partial charge in [-0.05, 0) is 6.07 Å². The summed E-state index contributed by atoms with van der Waals surface area (Å²) in [4.78, 5) is 34.6. The van der Waals surface area contributed by atoms with E-state index in [0.717, 1.165) is 11.8 Å². The van der Waals surface area contributed by atoms with Crippen LogP contribution >= 0.6 is 11.8 Å². The summed E-state index contributed by atoms with van der Waals surface area (Å²) in [5.74, 6) is -0.112. The van der Waals surface area contributed by atoms with Crippen LogP contribution in [0.15, 0.2) is 24.3 Å². The number of anilines is 1. The van der Waals surface area contributed by atoms with Gasteiger partial charge in [0.15, 0.2) is 5.12 Å². The van der Waals surface area contributed by atoms with Crippen molar-refractivity contribution in [1.29, 1.82) is 0 Å². The van der Waals surface area contributed by atoms with Crippen LogP contribution in [0.2, 0.25) is 0 Å². The van der Waals surface area contributed by atoms with E-state index in [4.69, 9.17) is 0 Å². The fourth-order valence-corrected chi connectivity index (χ4v) is 2.93. The lowest BCUT2D eigenvalue weighted by atomic mass is 10.2. The molecule has 0 spiro atoms. The highest BCUT2D eigenvalue weighted by molar-refractivity contribution is 8.14. The Labute approximate surface area is 113 Å². The minimum atomic E-state index is -0.494. The molecule has 2 rings (SSSR count). The van der Waals surface area contributed by atoms with E-state index in [1.54, 1.807) is 12.1 Å². The lowest BCUT2D eigenvalue weighted by Gasteiger charge is -2.16. The molecule has 0 radical (unpaired) electrons. The number of non-ortho nitro benzene ring substituents is 1. The Kier molecular flexibility index (Phi) is 3.84. The van der Waals surface area contributed by atoms with Crippen molar-refractivity contribution in [3.8, 4) is 0 Å². The lowest BCUT2D eigenvalue weighted by Crippen LogP contribution is -2.24. The average molecular weight is 280 g/mol. The standard InChI is InChI=1S/C12H12N2O4S/c1-8(15)19-11-6-12(16)13(7-11)9-3-2-4-10(5-9)14(17)18/h2-5,11H,6-7H2,1H3. The predicted molar refractivity (Wildman–Crippen MR) is 72.1 cm³/mol. The lowest BCUT2D eigenvalue weighted by molar-refractivity contribution is -0.384. The average Bonchev–Trinajstić information content (AvgIpc) is 2.69. The van der Waals surface area contributed by atoms with Gasteiger partial charge in [0.05, 0.1) is 10.6 Å². The van der Waals surface area contributed by atoms with Gasteiger partial charge in [-0.25, -0.2) is 0 Å². The van der Waals surface area contributed by atoms with Crippen LogP contribution in [0.1, 0.15) is 13.3 Å². The number of amides is 1. The second kappa shape index (κ2) is 5.40. The molecule has 0 bridgehead atoms. The monoisotopic (exact) mass is 280 g/mol. The fraction of sp³-hybridized carbons (Fsp3) is 0.333. The van der Waals surface area contributed by atoms with Crippen molar-refractivity contribution in [2.45, 2.75) is 18.6 Å².